The summed E-state index contributed by atoms with van der Waals surface area (Å²) in [6.07, 6.45) is 0.472. The quantitative estimate of drug-likeness (QED) is 0.711. The summed E-state index contributed by atoms with van der Waals surface area (Å²) in [5.74, 6) is 0.256. The number of carbonyl (C=O) groups is 2. The van der Waals surface area contributed by atoms with Crippen molar-refractivity contribution in [1.82, 2.24) is 0 Å². The standard InChI is InChI=1S/C14H18O2/c1-10(9-11(2)15)12(3)14(16)13-7-5-4-6-8-13/h4-8,10,12H,9H2,1-3H3. The van der Waals surface area contributed by atoms with E-state index in [-0.39, 0.29) is 23.4 Å². The van der Waals surface area contributed by atoms with Gasteiger partial charge in [-0.2, -0.15) is 0 Å². The lowest BCUT2D eigenvalue weighted by Gasteiger charge is -2.17. The maximum Gasteiger partial charge on any atom is 0.165 e. The molecule has 2 nitrogen and oxygen atoms in total. The van der Waals surface area contributed by atoms with Gasteiger partial charge in [-0.1, -0.05) is 44.2 Å². The molecule has 0 aliphatic rings. The van der Waals surface area contributed by atoms with Crippen molar-refractivity contribution in [3.8, 4) is 0 Å². The summed E-state index contributed by atoms with van der Waals surface area (Å²) in [6, 6.07) is 9.24. The Balaban J connectivity index is 2.71. The first kappa shape index (κ1) is 12.6. The fourth-order valence-electron chi connectivity index (χ4n) is 1.75. The number of ketones is 2. The molecular weight excluding hydrogens is 200 g/mol. The minimum Gasteiger partial charge on any atom is -0.300 e. The van der Waals surface area contributed by atoms with Crippen LogP contribution in [0.15, 0.2) is 30.3 Å². The van der Waals surface area contributed by atoms with Gasteiger partial charge in [0, 0.05) is 17.9 Å². The zero-order valence-corrected chi connectivity index (χ0v) is 10.1. The van der Waals surface area contributed by atoms with Crippen molar-refractivity contribution >= 4 is 11.6 Å². The van der Waals surface area contributed by atoms with E-state index >= 15 is 0 Å². The van der Waals surface area contributed by atoms with Crippen LogP contribution in [0.4, 0.5) is 0 Å². The number of benzene rings is 1. The second-order valence-electron chi connectivity index (χ2n) is 4.40. The molecule has 2 atom stereocenters. The summed E-state index contributed by atoms with van der Waals surface area (Å²) >= 11 is 0. The third-order valence-electron chi connectivity index (χ3n) is 2.93. The Hall–Kier alpha value is -1.44. The number of carbonyl (C=O) groups excluding carboxylic acids is 2. The molecule has 0 spiro atoms. The van der Waals surface area contributed by atoms with Crippen LogP contribution in [0.25, 0.3) is 0 Å². The lowest BCUT2D eigenvalue weighted by Crippen LogP contribution is -2.20. The summed E-state index contributed by atoms with van der Waals surface area (Å²) in [5, 5.41) is 0. The highest BCUT2D eigenvalue weighted by Gasteiger charge is 2.22. The molecule has 0 saturated carbocycles. The van der Waals surface area contributed by atoms with E-state index in [0.717, 1.165) is 5.56 Å². The zero-order valence-electron chi connectivity index (χ0n) is 10.1. The Labute approximate surface area is 96.7 Å². The average Bonchev–Trinajstić information content (AvgIpc) is 2.27. The van der Waals surface area contributed by atoms with Crippen LogP contribution in [0.2, 0.25) is 0 Å². The Bertz CT molecular complexity index is 368. The van der Waals surface area contributed by atoms with E-state index in [1.54, 1.807) is 6.92 Å². The Morgan fingerprint density at radius 3 is 2.19 bits per heavy atom. The van der Waals surface area contributed by atoms with Crippen LogP contribution in [0.5, 0.6) is 0 Å². The number of hydrogen-bond acceptors (Lipinski definition) is 2. The van der Waals surface area contributed by atoms with Crippen molar-refractivity contribution in [3.05, 3.63) is 35.9 Å². The average molecular weight is 218 g/mol. The zero-order chi connectivity index (χ0) is 12.1. The van der Waals surface area contributed by atoms with Gasteiger partial charge < -0.3 is 4.79 Å². The molecule has 86 valence electrons. The molecule has 0 bridgehead atoms. The van der Waals surface area contributed by atoms with Crippen molar-refractivity contribution in [2.75, 3.05) is 0 Å². The topological polar surface area (TPSA) is 34.1 Å². The molecule has 2 heteroatoms. The molecule has 0 fully saturated rings. The van der Waals surface area contributed by atoms with Gasteiger partial charge in [-0.3, -0.25) is 4.79 Å². The highest BCUT2D eigenvalue weighted by molar-refractivity contribution is 5.98. The van der Waals surface area contributed by atoms with Crippen molar-refractivity contribution in [1.29, 1.82) is 0 Å². The molecule has 1 aromatic rings. The largest absolute Gasteiger partial charge is 0.300 e. The number of rotatable bonds is 5. The molecule has 16 heavy (non-hydrogen) atoms. The van der Waals surface area contributed by atoms with Crippen molar-refractivity contribution in [2.45, 2.75) is 27.2 Å². The van der Waals surface area contributed by atoms with Gasteiger partial charge in [0.15, 0.2) is 5.78 Å². The van der Waals surface area contributed by atoms with E-state index in [4.69, 9.17) is 0 Å². The highest BCUT2D eigenvalue weighted by Crippen LogP contribution is 2.20. The summed E-state index contributed by atoms with van der Waals surface area (Å²) in [5.41, 5.74) is 0.727. The lowest BCUT2D eigenvalue weighted by molar-refractivity contribution is -0.117. The summed E-state index contributed by atoms with van der Waals surface area (Å²) in [7, 11) is 0. The third-order valence-corrected chi connectivity index (χ3v) is 2.93. The summed E-state index contributed by atoms with van der Waals surface area (Å²) in [4.78, 5) is 23.1. The van der Waals surface area contributed by atoms with Gasteiger partial charge in [0.05, 0.1) is 0 Å². The molecule has 0 N–H and O–H groups in total. The Kier molecular flexibility index (Phi) is 4.41. The molecule has 0 radical (unpaired) electrons. The van der Waals surface area contributed by atoms with E-state index in [9.17, 15) is 9.59 Å². The van der Waals surface area contributed by atoms with E-state index in [2.05, 4.69) is 0 Å². The molecule has 0 aliphatic carbocycles. The third kappa shape index (κ3) is 3.30. The molecule has 0 saturated heterocycles. The van der Waals surface area contributed by atoms with Gasteiger partial charge in [-0.05, 0) is 12.8 Å². The van der Waals surface area contributed by atoms with Gasteiger partial charge in [0.2, 0.25) is 0 Å². The SMILES string of the molecule is CC(=O)CC(C)C(C)C(=O)c1ccccc1. The smallest absolute Gasteiger partial charge is 0.165 e. The fraction of sp³-hybridized carbons (Fsp3) is 0.429. The summed E-state index contributed by atoms with van der Waals surface area (Å²) < 4.78 is 0. The van der Waals surface area contributed by atoms with Crippen LogP contribution in [0.1, 0.15) is 37.6 Å². The fourth-order valence-corrected chi connectivity index (χ4v) is 1.75. The minimum atomic E-state index is -0.105. The minimum absolute atomic E-state index is 0.102. The predicted molar refractivity (Wildman–Crippen MR) is 64.4 cm³/mol. The van der Waals surface area contributed by atoms with Crippen LogP contribution in [0, 0.1) is 11.8 Å². The van der Waals surface area contributed by atoms with Crippen molar-refractivity contribution in [3.63, 3.8) is 0 Å². The van der Waals surface area contributed by atoms with Gasteiger partial charge in [-0.15, -0.1) is 0 Å². The van der Waals surface area contributed by atoms with Crippen LogP contribution in [0.3, 0.4) is 0 Å². The first-order chi connectivity index (χ1) is 7.52. The van der Waals surface area contributed by atoms with Crippen LogP contribution in [-0.4, -0.2) is 11.6 Å². The second kappa shape index (κ2) is 5.59. The normalized spacial score (nSPS) is 14.2. The molecule has 2 unspecified atom stereocenters. The molecule has 1 rings (SSSR count). The highest BCUT2D eigenvalue weighted by atomic mass is 16.1. The molecule has 1 aromatic carbocycles. The molecule has 0 aliphatic heterocycles. The Morgan fingerprint density at radius 2 is 1.69 bits per heavy atom. The molecular formula is C14H18O2. The van der Waals surface area contributed by atoms with Crippen LogP contribution in [-0.2, 0) is 4.79 Å². The second-order valence-corrected chi connectivity index (χ2v) is 4.40. The van der Waals surface area contributed by atoms with E-state index < -0.39 is 0 Å². The first-order valence-electron chi connectivity index (χ1n) is 5.61. The van der Waals surface area contributed by atoms with Gasteiger partial charge in [-0.25, -0.2) is 0 Å². The van der Waals surface area contributed by atoms with Crippen LogP contribution >= 0.6 is 0 Å². The van der Waals surface area contributed by atoms with Gasteiger partial charge >= 0.3 is 0 Å². The van der Waals surface area contributed by atoms with Crippen LogP contribution < -0.4 is 0 Å². The first-order valence-corrected chi connectivity index (χ1v) is 5.61. The van der Waals surface area contributed by atoms with Crippen molar-refractivity contribution < 1.29 is 9.59 Å². The molecule has 0 amide bonds. The van der Waals surface area contributed by atoms with E-state index in [0.29, 0.717) is 6.42 Å². The molecule has 0 aromatic heterocycles. The van der Waals surface area contributed by atoms with Gasteiger partial charge in [0.25, 0.3) is 0 Å². The number of Topliss-reactive ketones (excluding diaryl/α,β-unsaturated/α-hetero) is 2. The summed E-state index contributed by atoms with van der Waals surface area (Å²) in [6.45, 7) is 5.41. The Morgan fingerprint density at radius 1 is 1.12 bits per heavy atom. The van der Waals surface area contributed by atoms with E-state index in [1.807, 2.05) is 44.2 Å². The van der Waals surface area contributed by atoms with Crippen molar-refractivity contribution in [2.24, 2.45) is 11.8 Å². The maximum absolute atomic E-state index is 12.1. The monoisotopic (exact) mass is 218 g/mol. The molecule has 0 heterocycles. The van der Waals surface area contributed by atoms with E-state index in [1.165, 1.54) is 0 Å². The predicted octanol–water partition coefficient (Wildman–Crippen LogP) is 3.12. The van der Waals surface area contributed by atoms with Gasteiger partial charge in [0.1, 0.15) is 5.78 Å². The number of hydrogen-bond donors (Lipinski definition) is 0. The maximum atomic E-state index is 12.1. The lowest BCUT2D eigenvalue weighted by atomic mass is 9.85.